The molecule has 0 aromatic rings. The molecule has 112 valence electrons. The van der Waals surface area contributed by atoms with Gasteiger partial charge >= 0.3 is 6.16 Å². The van der Waals surface area contributed by atoms with Crippen LogP contribution < -0.4 is 0 Å². The first kappa shape index (κ1) is 16.2. The van der Waals surface area contributed by atoms with E-state index in [0.29, 0.717) is 0 Å². The van der Waals surface area contributed by atoms with Crippen molar-refractivity contribution in [2.45, 2.75) is 63.3 Å². The molecule has 0 N–H and O–H groups in total. The summed E-state index contributed by atoms with van der Waals surface area (Å²) in [7, 11) is 4.51. The van der Waals surface area contributed by atoms with Crippen molar-refractivity contribution in [1.82, 2.24) is 0 Å². The molecule has 0 aliphatic heterocycles. The molecular formula is C14H26O5. The summed E-state index contributed by atoms with van der Waals surface area (Å²) in [5.74, 6) is -0.856. The van der Waals surface area contributed by atoms with Crippen LogP contribution in [0.2, 0.25) is 0 Å². The number of hydrogen-bond donors (Lipinski definition) is 0. The second kappa shape index (κ2) is 8.38. The van der Waals surface area contributed by atoms with Gasteiger partial charge in [0.15, 0.2) is 6.10 Å². The van der Waals surface area contributed by atoms with Crippen molar-refractivity contribution < 1.29 is 23.7 Å². The molecule has 0 aromatic heterocycles. The highest BCUT2D eigenvalue weighted by molar-refractivity contribution is 5.59. The Balaban J connectivity index is 2.80. The lowest BCUT2D eigenvalue weighted by atomic mass is 9.94. The fourth-order valence-electron chi connectivity index (χ4n) is 2.65. The second-order valence-corrected chi connectivity index (χ2v) is 4.94. The van der Waals surface area contributed by atoms with E-state index in [1.807, 2.05) is 0 Å². The summed E-state index contributed by atoms with van der Waals surface area (Å²) < 4.78 is 21.1. The van der Waals surface area contributed by atoms with E-state index < -0.39 is 18.0 Å². The number of ether oxygens (including phenoxy) is 4. The first-order valence-corrected chi connectivity index (χ1v) is 7.03. The number of methoxy groups -OCH3 is 3. The first-order chi connectivity index (χ1) is 9.18. The molecule has 1 atom stereocenters. The van der Waals surface area contributed by atoms with E-state index in [1.165, 1.54) is 20.0 Å². The molecule has 1 saturated carbocycles. The summed E-state index contributed by atoms with van der Waals surface area (Å²) in [6.07, 6.45) is 7.12. The first-order valence-electron chi connectivity index (χ1n) is 7.03. The van der Waals surface area contributed by atoms with E-state index in [-0.39, 0.29) is 0 Å². The molecule has 0 saturated heterocycles. The number of rotatable bonds is 3. The van der Waals surface area contributed by atoms with Crippen molar-refractivity contribution >= 4 is 6.16 Å². The van der Waals surface area contributed by atoms with Crippen molar-refractivity contribution in [1.29, 1.82) is 0 Å². The highest BCUT2D eigenvalue weighted by atomic mass is 16.8. The van der Waals surface area contributed by atoms with E-state index in [2.05, 4.69) is 4.74 Å². The average molecular weight is 274 g/mol. The Morgan fingerprint density at radius 3 is 2.11 bits per heavy atom. The lowest BCUT2D eigenvalue weighted by molar-refractivity contribution is -0.266. The Labute approximate surface area is 115 Å². The molecule has 0 heterocycles. The van der Waals surface area contributed by atoms with Crippen LogP contribution in [0.3, 0.4) is 0 Å². The van der Waals surface area contributed by atoms with Gasteiger partial charge in [-0.3, -0.25) is 0 Å². The maximum absolute atomic E-state index is 11.4. The van der Waals surface area contributed by atoms with Gasteiger partial charge in [0, 0.05) is 20.6 Å². The molecule has 0 bridgehead atoms. The Kier molecular flexibility index (Phi) is 7.16. The number of carbonyl (C=O) groups excluding carboxylic acids is 1. The predicted octanol–water partition coefficient (Wildman–Crippen LogP) is 3.26. The smallest absolute Gasteiger partial charge is 0.438 e. The van der Waals surface area contributed by atoms with Crippen LogP contribution in [0.4, 0.5) is 4.79 Å². The predicted molar refractivity (Wildman–Crippen MR) is 71.0 cm³/mol. The maximum atomic E-state index is 11.4. The van der Waals surface area contributed by atoms with Crippen LogP contribution in [0, 0.1) is 0 Å². The van der Waals surface area contributed by atoms with Gasteiger partial charge in [-0.25, -0.2) is 4.79 Å². The summed E-state index contributed by atoms with van der Waals surface area (Å²) in [6.45, 7) is 0. The van der Waals surface area contributed by atoms with Gasteiger partial charge in [-0.15, -0.1) is 0 Å². The second-order valence-electron chi connectivity index (χ2n) is 4.94. The largest absolute Gasteiger partial charge is 0.508 e. The lowest BCUT2D eigenvalue weighted by Gasteiger charge is -2.37. The maximum Gasteiger partial charge on any atom is 0.508 e. The molecule has 1 unspecified atom stereocenters. The number of carbonyl (C=O) groups is 1. The van der Waals surface area contributed by atoms with Crippen LogP contribution in [0.1, 0.15) is 51.4 Å². The van der Waals surface area contributed by atoms with E-state index >= 15 is 0 Å². The van der Waals surface area contributed by atoms with Gasteiger partial charge in [-0.1, -0.05) is 25.7 Å². The van der Waals surface area contributed by atoms with Gasteiger partial charge in [0.25, 0.3) is 0 Å². The monoisotopic (exact) mass is 274 g/mol. The van der Waals surface area contributed by atoms with E-state index in [4.69, 9.17) is 14.2 Å². The minimum Gasteiger partial charge on any atom is -0.438 e. The van der Waals surface area contributed by atoms with Crippen LogP contribution in [-0.4, -0.2) is 39.4 Å². The minimum atomic E-state index is -0.856. The van der Waals surface area contributed by atoms with Crippen molar-refractivity contribution in [2.75, 3.05) is 21.3 Å². The van der Waals surface area contributed by atoms with Crippen molar-refractivity contribution in [3.8, 4) is 0 Å². The quantitative estimate of drug-likeness (QED) is 0.584. The molecule has 0 amide bonds. The van der Waals surface area contributed by atoms with E-state index in [0.717, 1.165) is 38.5 Å². The molecule has 5 heteroatoms. The third-order valence-corrected chi connectivity index (χ3v) is 3.83. The molecular weight excluding hydrogens is 248 g/mol. The molecule has 1 aliphatic carbocycles. The molecule has 0 radical (unpaired) electrons. The Bertz CT molecular complexity index is 263. The fourth-order valence-corrected chi connectivity index (χ4v) is 2.65. The van der Waals surface area contributed by atoms with Gasteiger partial charge in [-0.2, -0.15) is 0 Å². The molecule has 0 spiro atoms. The van der Waals surface area contributed by atoms with Gasteiger partial charge in [0.05, 0.1) is 7.11 Å². The zero-order valence-corrected chi connectivity index (χ0v) is 12.3. The average Bonchev–Trinajstić information content (AvgIpc) is 2.45. The zero-order valence-electron chi connectivity index (χ0n) is 12.3. The van der Waals surface area contributed by atoms with E-state index in [9.17, 15) is 4.79 Å². The highest BCUT2D eigenvalue weighted by Gasteiger charge is 2.42. The standard InChI is InChI=1S/C14H26O5/c1-16-13(15)19-12-10-8-6-4-5-7-9-11-14(12,17-2)18-3/h12H,4-11H2,1-3H3. The SMILES string of the molecule is COC(=O)OC1CCCCCCCCC1(OC)OC. The Morgan fingerprint density at radius 1 is 0.947 bits per heavy atom. The van der Waals surface area contributed by atoms with Crippen LogP contribution in [0.5, 0.6) is 0 Å². The summed E-state index contributed by atoms with van der Waals surface area (Å²) in [6, 6.07) is 0. The third kappa shape index (κ3) is 4.66. The number of hydrogen-bond acceptors (Lipinski definition) is 5. The summed E-state index contributed by atoms with van der Waals surface area (Å²) in [5.41, 5.74) is 0. The van der Waals surface area contributed by atoms with E-state index in [1.54, 1.807) is 14.2 Å². The van der Waals surface area contributed by atoms with Crippen LogP contribution in [-0.2, 0) is 18.9 Å². The minimum absolute atomic E-state index is 0.423. The normalized spacial score (nSPS) is 24.5. The molecule has 19 heavy (non-hydrogen) atoms. The van der Waals surface area contributed by atoms with Gasteiger partial charge in [0.1, 0.15) is 0 Å². The molecule has 0 aromatic carbocycles. The molecule has 5 nitrogen and oxygen atoms in total. The third-order valence-electron chi connectivity index (χ3n) is 3.83. The Hall–Kier alpha value is -0.810. The summed E-state index contributed by atoms with van der Waals surface area (Å²) >= 11 is 0. The molecule has 1 fully saturated rings. The van der Waals surface area contributed by atoms with Crippen LogP contribution >= 0.6 is 0 Å². The van der Waals surface area contributed by atoms with Crippen molar-refractivity contribution in [3.05, 3.63) is 0 Å². The highest BCUT2D eigenvalue weighted by Crippen LogP contribution is 2.31. The lowest BCUT2D eigenvalue weighted by Crippen LogP contribution is -2.48. The Morgan fingerprint density at radius 2 is 1.53 bits per heavy atom. The van der Waals surface area contributed by atoms with Gasteiger partial charge < -0.3 is 18.9 Å². The molecule has 1 aliphatic rings. The van der Waals surface area contributed by atoms with Gasteiger partial charge in [-0.05, 0) is 19.3 Å². The van der Waals surface area contributed by atoms with Crippen LogP contribution in [0.25, 0.3) is 0 Å². The zero-order chi connectivity index (χ0) is 14.1. The topological polar surface area (TPSA) is 54.0 Å². The van der Waals surface area contributed by atoms with Gasteiger partial charge in [0.2, 0.25) is 5.79 Å². The van der Waals surface area contributed by atoms with Crippen molar-refractivity contribution in [3.63, 3.8) is 0 Å². The van der Waals surface area contributed by atoms with Crippen molar-refractivity contribution in [2.24, 2.45) is 0 Å². The summed E-state index contributed by atoms with van der Waals surface area (Å²) in [4.78, 5) is 11.4. The summed E-state index contributed by atoms with van der Waals surface area (Å²) in [5, 5.41) is 0. The van der Waals surface area contributed by atoms with Crippen LogP contribution in [0.15, 0.2) is 0 Å². The fraction of sp³-hybridized carbons (Fsp3) is 0.929. The molecule has 1 rings (SSSR count).